The minimum absolute atomic E-state index is 0.414. The molecule has 0 saturated heterocycles. The quantitative estimate of drug-likeness (QED) is 0.889. The third kappa shape index (κ3) is 3.32. The number of hydrogen-bond donors (Lipinski definition) is 1. The Balaban J connectivity index is 1.95. The van der Waals surface area contributed by atoms with E-state index in [4.69, 9.17) is 10.5 Å². The highest BCUT2D eigenvalue weighted by Gasteiger charge is 2.04. The summed E-state index contributed by atoms with van der Waals surface area (Å²) < 4.78 is 7.58. The summed E-state index contributed by atoms with van der Waals surface area (Å²) in [5.74, 6) is 0.941. The second-order valence-electron chi connectivity index (χ2n) is 4.73. The van der Waals surface area contributed by atoms with Crippen LogP contribution in [0.1, 0.15) is 22.4 Å². The molecule has 1 aromatic carbocycles. The monoisotopic (exact) mass is 260 g/mol. The van der Waals surface area contributed by atoms with Gasteiger partial charge in [0.15, 0.2) is 0 Å². The van der Waals surface area contributed by atoms with Gasteiger partial charge in [-0.1, -0.05) is 11.3 Å². The molecule has 0 fully saturated rings. The summed E-state index contributed by atoms with van der Waals surface area (Å²) in [6, 6.07) is 4.22. The van der Waals surface area contributed by atoms with Crippen LogP contribution in [-0.2, 0) is 13.1 Å². The highest BCUT2D eigenvalue weighted by Crippen LogP contribution is 2.23. The molecule has 0 amide bonds. The molecule has 0 spiro atoms. The van der Waals surface area contributed by atoms with Crippen molar-refractivity contribution in [2.75, 3.05) is 6.61 Å². The summed E-state index contributed by atoms with van der Waals surface area (Å²) in [6.45, 7) is 7.89. The fourth-order valence-electron chi connectivity index (χ4n) is 1.94. The molecule has 0 bridgehead atoms. The van der Waals surface area contributed by atoms with Crippen LogP contribution in [0.4, 0.5) is 0 Å². The molecule has 2 N–H and O–H groups in total. The number of rotatable bonds is 5. The molecular weight excluding hydrogens is 240 g/mol. The molecule has 2 aromatic rings. The van der Waals surface area contributed by atoms with Gasteiger partial charge >= 0.3 is 0 Å². The third-order valence-corrected chi connectivity index (χ3v) is 3.14. The lowest BCUT2D eigenvalue weighted by Gasteiger charge is -2.12. The molecular formula is C14H20N4O. The smallest absolute Gasteiger partial charge is 0.122 e. The first-order valence-corrected chi connectivity index (χ1v) is 6.40. The van der Waals surface area contributed by atoms with Gasteiger partial charge in [-0.2, -0.15) is 0 Å². The number of hydrogen-bond acceptors (Lipinski definition) is 4. The number of ether oxygens (including phenoxy) is 1. The lowest BCUT2D eigenvalue weighted by Crippen LogP contribution is -2.09. The van der Waals surface area contributed by atoms with Crippen molar-refractivity contribution in [1.82, 2.24) is 15.0 Å². The molecule has 2 rings (SSSR count). The van der Waals surface area contributed by atoms with E-state index in [1.165, 1.54) is 16.7 Å². The number of benzene rings is 1. The highest BCUT2D eigenvalue weighted by molar-refractivity contribution is 5.41. The molecule has 0 aliphatic rings. The lowest BCUT2D eigenvalue weighted by atomic mass is 10.1. The molecule has 0 saturated carbocycles. The molecule has 5 nitrogen and oxygen atoms in total. The Hall–Kier alpha value is -1.88. The van der Waals surface area contributed by atoms with Gasteiger partial charge in [0.05, 0.1) is 12.2 Å². The average molecular weight is 260 g/mol. The Morgan fingerprint density at radius 2 is 2.05 bits per heavy atom. The fraction of sp³-hybridized carbons (Fsp3) is 0.429. The van der Waals surface area contributed by atoms with Crippen molar-refractivity contribution >= 4 is 0 Å². The summed E-state index contributed by atoms with van der Waals surface area (Å²) in [5, 5.41) is 7.92. The maximum atomic E-state index is 5.83. The molecule has 0 aliphatic carbocycles. The zero-order valence-corrected chi connectivity index (χ0v) is 11.7. The average Bonchev–Trinajstić information content (AvgIpc) is 2.83. The number of nitrogens with two attached hydrogens (primary N) is 1. The molecule has 102 valence electrons. The van der Waals surface area contributed by atoms with E-state index in [1.54, 1.807) is 4.68 Å². The Morgan fingerprint density at radius 3 is 2.74 bits per heavy atom. The minimum Gasteiger partial charge on any atom is -0.491 e. The first-order valence-electron chi connectivity index (χ1n) is 6.40. The van der Waals surface area contributed by atoms with E-state index >= 15 is 0 Å². The topological polar surface area (TPSA) is 66.0 Å². The largest absolute Gasteiger partial charge is 0.491 e. The highest BCUT2D eigenvalue weighted by atomic mass is 16.5. The van der Waals surface area contributed by atoms with Gasteiger partial charge in [-0.15, -0.1) is 5.10 Å². The molecule has 0 aliphatic heterocycles. The predicted molar refractivity (Wildman–Crippen MR) is 74.1 cm³/mol. The summed E-state index contributed by atoms with van der Waals surface area (Å²) >= 11 is 0. The molecule has 0 radical (unpaired) electrons. The zero-order chi connectivity index (χ0) is 13.8. The van der Waals surface area contributed by atoms with Crippen LogP contribution in [0.2, 0.25) is 0 Å². The van der Waals surface area contributed by atoms with E-state index in [0.29, 0.717) is 19.7 Å². The van der Waals surface area contributed by atoms with Crippen LogP contribution in [0.3, 0.4) is 0 Å². The maximum absolute atomic E-state index is 5.83. The summed E-state index contributed by atoms with van der Waals surface area (Å²) in [6.07, 6.45) is 1.84. The van der Waals surface area contributed by atoms with Crippen LogP contribution >= 0.6 is 0 Å². The maximum Gasteiger partial charge on any atom is 0.122 e. The predicted octanol–water partition coefficient (Wildman–Crippen LogP) is 1.74. The van der Waals surface area contributed by atoms with Gasteiger partial charge in [0.25, 0.3) is 0 Å². The Kier molecular flexibility index (Phi) is 4.16. The van der Waals surface area contributed by atoms with Crippen LogP contribution in [0, 0.1) is 20.8 Å². The van der Waals surface area contributed by atoms with Crippen molar-refractivity contribution in [3.63, 3.8) is 0 Å². The van der Waals surface area contributed by atoms with E-state index < -0.39 is 0 Å². The second-order valence-corrected chi connectivity index (χ2v) is 4.73. The molecule has 5 heteroatoms. The molecule has 1 aromatic heterocycles. The van der Waals surface area contributed by atoms with Crippen LogP contribution in [0.15, 0.2) is 18.3 Å². The van der Waals surface area contributed by atoms with Crippen molar-refractivity contribution < 1.29 is 4.74 Å². The second kappa shape index (κ2) is 5.84. The Labute approximate surface area is 113 Å². The van der Waals surface area contributed by atoms with Gasteiger partial charge in [-0.3, -0.25) is 0 Å². The summed E-state index contributed by atoms with van der Waals surface area (Å²) in [4.78, 5) is 0. The van der Waals surface area contributed by atoms with Crippen molar-refractivity contribution in [3.05, 3.63) is 40.7 Å². The number of nitrogens with zero attached hydrogens (tertiary/aromatic N) is 3. The van der Waals surface area contributed by atoms with E-state index in [-0.39, 0.29) is 0 Å². The minimum atomic E-state index is 0.414. The first-order chi connectivity index (χ1) is 9.10. The first kappa shape index (κ1) is 13.5. The molecule has 0 atom stereocenters. The van der Waals surface area contributed by atoms with E-state index in [2.05, 4.69) is 43.2 Å². The van der Waals surface area contributed by atoms with E-state index in [1.807, 2.05) is 6.20 Å². The molecule has 19 heavy (non-hydrogen) atoms. The van der Waals surface area contributed by atoms with Gasteiger partial charge in [0, 0.05) is 12.7 Å². The molecule has 0 unspecified atom stereocenters. The van der Waals surface area contributed by atoms with Gasteiger partial charge < -0.3 is 10.5 Å². The van der Waals surface area contributed by atoms with Crippen molar-refractivity contribution in [3.8, 4) is 5.75 Å². The SMILES string of the molecule is Cc1cc(C)c(C)c(OCCn2cc(CN)nn2)c1. The Bertz CT molecular complexity index is 563. The molecule has 1 heterocycles. The van der Waals surface area contributed by atoms with E-state index in [0.717, 1.165) is 11.4 Å². The van der Waals surface area contributed by atoms with Crippen LogP contribution < -0.4 is 10.5 Å². The van der Waals surface area contributed by atoms with E-state index in [9.17, 15) is 0 Å². The van der Waals surface area contributed by atoms with Gasteiger partial charge in [0.1, 0.15) is 12.4 Å². The van der Waals surface area contributed by atoms with Gasteiger partial charge in [-0.25, -0.2) is 4.68 Å². The number of aromatic nitrogens is 3. The fourth-order valence-corrected chi connectivity index (χ4v) is 1.94. The number of aryl methyl sites for hydroxylation is 2. The van der Waals surface area contributed by atoms with Crippen LogP contribution in [-0.4, -0.2) is 21.6 Å². The lowest BCUT2D eigenvalue weighted by molar-refractivity contribution is 0.287. The van der Waals surface area contributed by atoms with Crippen molar-refractivity contribution in [2.45, 2.75) is 33.9 Å². The summed E-state index contributed by atoms with van der Waals surface area (Å²) in [5.41, 5.74) is 9.93. The normalized spacial score (nSPS) is 10.7. The van der Waals surface area contributed by atoms with Crippen LogP contribution in [0.5, 0.6) is 5.75 Å². The van der Waals surface area contributed by atoms with Crippen molar-refractivity contribution in [1.29, 1.82) is 0 Å². The van der Waals surface area contributed by atoms with Gasteiger partial charge in [0.2, 0.25) is 0 Å². The Morgan fingerprint density at radius 1 is 1.26 bits per heavy atom. The van der Waals surface area contributed by atoms with Gasteiger partial charge in [-0.05, 0) is 43.5 Å². The van der Waals surface area contributed by atoms with Crippen molar-refractivity contribution in [2.24, 2.45) is 5.73 Å². The standard InChI is InChI=1S/C14H20N4O/c1-10-6-11(2)12(3)14(7-10)19-5-4-18-9-13(8-15)16-17-18/h6-7,9H,4-5,8,15H2,1-3H3. The summed E-state index contributed by atoms with van der Waals surface area (Å²) in [7, 11) is 0. The van der Waals surface area contributed by atoms with Crippen LogP contribution in [0.25, 0.3) is 0 Å². The third-order valence-electron chi connectivity index (χ3n) is 3.14. The zero-order valence-electron chi connectivity index (χ0n) is 11.7.